The van der Waals surface area contributed by atoms with Gasteiger partial charge in [0.05, 0.1) is 24.9 Å². The quantitative estimate of drug-likeness (QED) is 0.892. The summed E-state index contributed by atoms with van der Waals surface area (Å²) >= 11 is 0. The molecule has 0 aromatic carbocycles. The van der Waals surface area contributed by atoms with Gasteiger partial charge >= 0.3 is 0 Å². The monoisotopic (exact) mass is 299 g/mol. The van der Waals surface area contributed by atoms with Crippen molar-refractivity contribution in [1.82, 2.24) is 19.7 Å². The molecule has 22 heavy (non-hydrogen) atoms. The van der Waals surface area contributed by atoms with E-state index in [9.17, 15) is 4.79 Å². The Balaban J connectivity index is 1.63. The van der Waals surface area contributed by atoms with Gasteiger partial charge < -0.3 is 10.1 Å². The molecule has 2 aromatic rings. The second-order valence-corrected chi connectivity index (χ2v) is 5.68. The maximum absolute atomic E-state index is 12.3. The van der Waals surface area contributed by atoms with E-state index in [1.54, 1.807) is 29.2 Å². The van der Waals surface area contributed by atoms with Crippen LogP contribution in [0.25, 0.3) is 0 Å². The number of ether oxygens (including phenoxy) is 1. The van der Waals surface area contributed by atoms with Gasteiger partial charge in [-0.2, -0.15) is 5.10 Å². The van der Waals surface area contributed by atoms with Gasteiger partial charge in [-0.25, -0.2) is 14.6 Å². The minimum atomic E-state index is -0.137. The summed E-state index contributed by atoms with van der Waals surface area (Å²) in [6.45, 7) is 0.977. The van der Waals surface area contributed by atoms with Gasteiger partial charge in [0.1, 0.15) is 6.04 Å². The van der Waals surface area contributed by atoms with E-state index in [2.05, 4.69) is 20.4 Å². The first-order valence-corrected chi connectivity index (χ1v) is 7.54. The van der Waals surface area contributed by atoms with Crippen LogP contribution in [0.3, 0.4) is 0 Å². The molecule has 114 valence electrons. The molecule has 3 heterocycles. The van der Waals surface area contributed by atoms with Crippen molar-refractivity contribution in [3.63, 3.8) is 0 Å². The third-order valence-corrected chi connectivity index (χ3v) is 4.23. The van der Waals surface area contributed by atoms with Gasteiger partial charge in [0.2, 0.25) is 5.95 Å². The standard InChI is InChI=1S/C15H17N5O2/c21-14-7-10-3-1-4-11(10)19-20(14)13-9-22-8-12(13)18-15-16-5-2-6-17-15/h2,5-7,12-13H,1,3-4,8-9H2,(H,16,17,18). The third-order valence-electron chi connectivity index (χ3n) is 4.23. The molecule has 1 fully saturated rings. The lowest BCUT2D eigenvalue weighted by molar-refractivity contribution is 0.182. The first-order chi connectivity index (χ1) is 10.8. The molecule has 0 radical (unpaired) electrons. The Morgan fingerprint density at radius 2 is 2.09 bits per heavy atom. The van der Waals surface area contributed by atoms with Crippen LogP contribution in [0, 0.1) is 0 Å². The molecule has 2 unspecified atom stereocenters. The average Bonchev–Trinajstić information content (AvgIpc) is 3.16. The van der Waals surface area contributed by atoms with E-state index in [4.69, 9.17) is 4.74 Å². The van der Waals surface area contributed by atoms with Gasteiger partial charge in [-0.1, -0.05) is 0 Å². The van der Waals surface area contributed by atoms with Crippen molar-refractivity contribution in [3.8, 4) is 0 Å². The zero-order valence-corrected chi connectivity index (χ0v) is 12.1. The highest BCUT2D eigenvalue weighted by atomic mass is 16.5. The van der Waals surface area contributed by atoms with Crippen LogP contribution in [0.1, 0.15) is 23.7 Å². The normalized spacial score (nSPS) is 23.5. The lowest BCUT2D eigenvalue weighted by Crippen LogP contribution is -2.38. The van der Waals surface area contributed by atoms with Crippen LogP contribution >= 0.6 is 0 Å². The van der Waals surface area contributed by atoms with Crippen LogP contribution in [0.4, 0.5) is 5.95 Å². The number of hydrogen-bond acceptors (Lipinski definition) is 6. The van der Waals surface area contributed by atoms with E-state index < -0.39 is 0 Å². The van der Waals surface area contributed by atoms with E-state index in [1.807, 2.05) is 0 Å². The maximum Gasteiger partial charge on any atom is 0.267 e. The number of hydrogen-bond donors (Lipinski definition) is 1. The van der Waals surface area contributed by atoms with Crippen molar-refractivity contribution in [3.05, 3.63) is 46.1 Å². The molecule has 1 saturated heterocycles. The molecule has 2 atom stereocenters. The average molecular weight is 299 g/mol. The maximum atomic E-state index is 12.3. The predicted octanol–water partition coefficient (Wildman–Crippen LogP) is 0.574. The minimum absolute atomic E-state index is 0.0584. The highest BCUT2D eigenvalue weighted by Gasteiger charge is 2.32. The van der Waals surface area contributed by atoms with Crippen molar-refractivity contribution < 1.29 is 4.74 Å². The molecule has 2 aliphatic rings. The van der Waals surface area contributed by atoms with E-state index in [0.717, 1.165) is 30.5 Å². The van der Waals surface area contributed by atoms with Gasteiger partial charge in [-0.15, -0.1) is 0 Å². The number of nitrogens with one attached hydrogen (secondary N) is 1. The Kier molecular flexibility index (Phi) is 3.34. The van der Waals surface area contributed by atoms with E-state index in [1.165, 1.54) is 0 Å². The first kappa shape index (κ1) is 13.4. The van der Waals surface area contributed by atoms with E-state index in [-0.39, 0.29) is 17.6 Å². The van der Waals surface area contributed by atoms with Gasteiger partial charge in [-0.3, -0.25) is 4.79 Å². The summed E-state index contributed by atoms with van der Waals surface area (Å²) in [6.07, 6.45) is 6.34. The highest BCUT2D eigenvalue weighted by Crippen LogP contribution is 2.23. The Morgan fingerprint density at radius 1 is 1.23 bits per heavy atom. The topological polar surface area (TPSA) is 81.9 Å². The zero-order chi connectivity index (χ0) is 14.9. The van der Waals surface area contributed by atoms with Crippen molar-refractivity contribution in [2.24, 2.45) is 0 Å². The molecule has 7 nitrogen and oxygen atoms in total. The number of fused-ring (bicyclic) bond motifs is 1. The molecule has 0 saturated carbocycles. The molecule has 0 spiro atoms. The van der Waals surface area contributed by atoms with Crippen LogP contribution in [-0.4, -0.2) is 39.0 Å². The number of aromatic nitrogens is 4. The number of nitrogens with zero attached hydrogens (tertiary/aromatic N) is 4. The summed E-state index contributed by atoms with van der Waals surface area (Å²) in [5.74, 6) is 0.539. The second kappa shape index (κ2) is 5.49. The number of rotatable bonds is 3. The lowest BCUT2D eigenvalue weighted by atomic mass is 10.1. The Labute approximate surface area is 127 Å². The van der Waals surface area contributed by atoms with Gasteiger partial charge in [-0.05, 0) is 30.9 Å². The smallest absolute Gasteiger partial charge is 0.267 e. The second-order valence-electron chi connectivity index (χ2n) is 5.68. The first-order valence-electron chi connectivity index (χ1n) is 7.54. The Hall–Kier alpha value is -2.28. The molecular weight excluding hydrogens is 282 g/mol. The molecular formula is C15H17N5O2. The van der Waals surface area contributed by atoms with Crippen LogP contribution < -0.4 is 10.9 Å². The summed E-state index contributed by atoms with van der Waals surface area (Å²) in [6, 6.07) is 3.29. The molecule has 0 bridgehead atoms. The summed E-state index contributed by atoms with van der Waals surface area (Å²) in [4.78, 5) is 20.7. The summed E-state index contributed by atoms with van der Waals surface area (Å²) in [5, 5.41) is 7.81. The fourth-order valence-electron chi connectivity index (χ4n) is 3.11. The van der Waals surface area contributed by atoms with Crippen molar-refractivity contribution in [2.45, 2.75) is 31.3 Å². The lowest BCUT2D eigenvalue weighted by Gasteiger charge is -2.20. The third kappa shape index (κ3) is 2.37. The summed E-state index contributed by atoms with van der Waals surface area (Å²) < 4.78 is 7.12. The fraction of sp³-hybridized carbons (Fsp3) is 0.467. The van der Waals surface area contributed by atoms with E-state index in [0.29, 0.717) is 19.2 Å². The molecule has 1 aliphatic carbocycles. The van der Waals surface area contributed by atoms with Crippen LogP contribution in [0.2, 0.25) is 0 Å². The van der Waals surface area contributed by atoms with Crippen LogP contribution in [-0.2, 0) is 17.6 Å². The summed E-state index contributed by atoms with van der Waals surface area (Å²) in [7, 11) is 0. The molecule has 1 N–H and O–H groups in total. The van der Waals surface area contributed by atoms with E-state index >= 15 is 0 Å². The highest BCUT2D eigenvalue weighted by molar-refractivity contribution is 5.26. The minimum Gasteiger partial charge on any atom is -0.377 e. The SMILES string of the molecule is O=c1cc2c(nn1C1COCC1Nc1ncccn1)CCC2. The predicted molar refractivity (Wildman–Crippen MR) is 79.8 cm³/mol. The Morgan fingerprint density at radius 3 is 2.95 bits per heavy atom. The van der Waals surface area contributed by atoms with Crippen molar-refractivity contribution in [1.29, 1.82) is 0 Å². The molecule has 0 amide bonds. The van der Waals surface area contributed by atoms with Gasteiger partial charge in [0.15, 0.2) is 0 Å². The molecule has 4 rings (SSSR count). The largest absolute Gasteiger partial charge is 0.377 e. The number of aryl methyl sites for hydroxylation is 2. The van der Waals surface area contributed by atoms with Crippen molar-refractivity contribution >= 4 is 5.95 Å². The zero-order valence-electron chi connectivity index (χ0n) is 12.1. The molecule has 7 heteroatoms. The molecule has 1 aliphatic heterocycles. The van der Waals surface area contributed by atoms with Gasteiger partial charge in [0, 0.05) is 18.5 Å². The summed E-state index contributed by atoms with van der Waals surface area (Å²) in [5.41, 5.74) is 2.08. The number of anilines is 1. The van der Waals surface area contributed by atoms with Crippen LogP contribution in [0.15, 0.2) is 29.3 Å². The molecule has 2 aromatic heterocycles. The van der Waals surface area contributed by atoms with Crippen molar-refractivity contribution in [2.75, 3.05) is 18.5 Å². The van der Waals surface area contributed by atoms with Gasteiger partial charge in [0.25, 0.3) is 5.56 Å². The Bertz CT molecular complexity index is 730. The van der Waals surface area contributed by atoms with Crippen LogP contribution in [0.5, 0.6) is 0 Å². The fourth-order valence-corrected chi connectivity index (χ4v) is 3.11.